The number of morpholine rings is 1. The van der Waals surface area contributed by atoms with Crippen molar-refractivity contribution in [1.29, 1.82) is 0 Å². The van der Waals surface area contributed by atoms with Crippen LogP contribution in [-0.2, 0) is 23.9 Å². The van der Waals surface area contributed by atoms with Crippen LogP contribution in [-0.4, -0.2) is 39.3 Å². The summed E-state index contributed by atoms with van der Waals surface area (Å²) in [6.07, 6.45) is 0.0806. The molecular weight excluding hydrogens is 393 g/mol. The van der Waals surface area contributed by atoms with Crippen LogP contribution in [0.4, 0.5) is 13.2 Å². The second-order valence-corrected chi connectivity index (χ2v) is 8.14. The van der Waals surface area contributed by atoms with E-state index in [0.29, 0.717) is 37.9 Å². The van der Waals surface area contributed by atoms with Crippen LogP contribution in [0.1, 0.15) is 41.4 Å². The minimum atomic E-state index is -4.50. The molecule has 5 rings (SSSR count). The van der Waals surface area contributed by atoms with Gasteiger partial charge in [-0.25, -0.2) is 0 Å². The van der Waals surface area contributed by atoms with E-state index in [9.17, 15) is 13.2 Å². The average Bonchev–Trinajstić information content (AvgIpc) is 3.47. The number of aromatic nitrogens is 3. The Labute approximate surface area is 172 Å². The van der Waals surface area contributed by atoms with Gasteiger partial charge < -0.3 is 4.74 Å². The molecule has 1 saturated carbocycles. The fraction of sp³-hybridized carbons (Fsp3) is 0.455. The maximum Gasteiger partial charge on any atom is 0.420 e. The van der Waals surface area contributed by atoms with Crippen molar-refractivity contribution in [3.8, 4) is 0 Å². The molecule has 5 nitrogen and oxygen atoms in total. The monoisotopic (exact) mass is 416 g/mol. The van der Waals surface area contributed by atoms with Crippen LogP contribution in [0.25, 0.3) is 5.65 Å². The molecule has 0 spiro atoms. The summed E-state index contributed by atoms with van der Waals surface area (Å²) in [5.74, 6) is 1.13. The quantitative estimate of drug-likeness (QED) is 0.623. The van der Waals surface area contributed by atoms with Gasteiger partial charge in [-0.2, -0.15) is 13.2 Å². The van der Waals surface area contributed by atoms with Crippen molar-refractivity contribution in [3.63, 3.8) is 0 Å². The molecule has 0 bridgehead atoms. The van der Waals surface area contributed by atoms with Crippen molar-refractivity contribution in [2.24, 2.45) is 5.92 Å². The highest BCUT2D eigenvalue weighted by Crippen LogP contribution is 2.38. The number of rotatable bonds is 5. The number of halogens is 3. The third kappa shape index (κ3) is 3.81. The maximum atomic E-state index is 14.1. The van der Waals surface area contributed by atoms with E-state index in [-0.39, 0.29) is 23.8 Å². The first kappa shape index (κ1) is 19.5. The number of pyridine rings is 1. The molecule has 158 valence electrons. The fourth-order valence-corrected chi connectivity index (χ4v) is 4.23. The van der Waals surface area contributed by atoms with Gasteiger partial charge in [-0.15, -0.1) is 10.2 Å². The van der Waals surface area contributed by atoms with Crippen molar-refractivity contribution in [1.82, 2.24) is 19.5 Å². The Balaban J connectivity index is 1.51. The second-order valence-electron chi connectivity index (χ2n) is 8.14. The van der Waals surface area contributed by atoms with Crippen molar-refractivity contribution in [3.05, 3.63) is 65.1 Å². The molecule has 1 aliphatic heterocycles. The van der Waals surface area contributed by atoms with Gasteiger partial charge in [0.1, 0.15) is 11.4 Å². The van der Waals surface area contributed by atoms with Gasteiger partial charge in [-0.05, 0) is 36.0 Å². The largest absolute Gasteiger partial charge is 0.420 e. The molecule has 1 aliphatic carbocycles. The van der Waals surface area contributed by atoms with Gasteiger partial charge in [-0.1, -0.05) is 30.3 Å². The molecule has 2 fully saturated rings. The molecule has 0 unspecified atom stereocenters. The number of alkyl halides is 3. The molecule has 3 heterocycles. The van der Waals surface area contributed by atoms with Crippen LogP contribution in [0.3, 0.4) is 0 Å². The average molecular weight is 416 g/mol. The van der Waals surface area contributed by atoms with E-state index < -0.39 is 11.7 Å². The first-order valence-corrected chi connectivity index (χ1v) is 10.3. The number of nitrogens with zero attached hydrogens (tertiary/aromatic N) is 4. The first-order chi connectivity index (χ1) is 14.5. The maximum absolute atomic E-state index is 14.1. The summed E-state index contributed by atoms with van der Waals surface area (Å²) < 4.78 is 49.5. The van der Waals surface area contributed by atoms with Gasteiger partial charge in [0.15, 0.2) is 5.65 Å². The number of benzene rings is 1. The Morgan fingerprint density at radius 1 is 1.07 bits per heavy atom. The molecule has 2 aromatic heterocycles. The fourth-order valence-electron chi connectivity index (χ4n) is 4.23. The second kappa shape index (κ2) is 7.67. The van der Waals surface area contributed by atoms with E-state index in [1.54, 1.807) is 12.3 Å². The molecule has 0 amide bonds. The normalized spacial score (nSPS) is 20.7. The number of fused-ring (bicyclic) bond motifs is 1. The van der Waals surface area contributed by atoms with Gasteiger partial charge in [-0.3, -0.25) is 9.30 Å². The summed E-state index contributed by atoms with van der Waals surface area (Å²) in [5, 5.41) is 8.03. The molecule has 1 atom stereocenters. The first-order valence-electron chi connectivity index (χ1n) is 10.3. The van der Waals surface area contributed by atoms with Crippen LogP contribution in [0.2, 0.25) is 0 Å². The summed E-state index contributed by atoms with van der Waals surface area (Å²) in [7, 11) is 0. The van der Waals surface area contributed by atoms with Gasteiger partial charge in [0.2, 0.25) is 0 Å². The Bertz CT molecular complexity index is 1030. The molecular formula is C22H23F3N4O. The van der Waals surface area contributed by atoms with Crippen molar-refractivity contribution >= 4 is 5.65 Å². The van der Waals surface area contributed by atoms with Gasteiger partial charge >= 0.3 is 6.18 Å². The highest BCUT2D eigenvalue weighted by atomic mass is 19.4. The molecule has 1 aromatic carbocycles. The standard InChI is InChI=1S/C22H23F3N4O/c23-22(24,25)20-17(8-9-29-19(12-15-6-7-15)26-27-21(20)29)13-28-10-11-30-14-18(28)16-4-2-1-3-5-16/h1-5,8-9,15,18H,6-7,10-14H2/t18-/m0/s1. The lowest BCUT2D eigenvalue weighted by atomic mass is 10.0. The summed E-state index contributed by atoms with van der Waals surface area (Å²) >= 11 is 0. The van der Waals surface area contributed by atoms with Crippen molar-refractivity contribution < 1.29 is 17.9 Å². The number of ether oxygens (including phenoxy) is 1. The van der Waals surface area contributed by atoms with Crippen molar-refractivity contribution in [2.75, 3.05) is 19.8 Å². The topological polar surface area (TPSA) is 42.7 Å². The SMILES string of the molecule is FC(F)(F)c1c(CN2CCOC[C@H]2c2ccccc2)ccn2c(CC3CC3)nnc12. The van der Waals surface area contributed by atoms with Crippen LogP contribution in [0.15, 0.2) is 42.6 Å². The predicted molar refractivity (Wildman–Crippen MR) is 105 cm³/mol. The lowest BCUT2D eigenvalue weighted by Gasteiger charge is -2.36. The molecule has 8 heteroatoms. The van der Waals surface area contributed by atoms with E-state index in [4.69, 9.17) is 4.74 Å². The zero-order chi connectivity index (χ0) is 20.7. The van der Waals surface area contributed by atoms with Gasteiger partial charge in [0, 0.05) is 25.7 Å². The third-order valence-corrected chi connectivity index (χ3v) is 5.98. The Morgan fingerprint density at radius 2 is 1.87 bits per heavy atom. The van der Waals surface area contributed by atoms with Crippen LogP contribution >= 0.6 is 0 Å². The van der Waals surface area contributed by atoms with E-state index in [1.165, 1.54) is 4.40 Å². The smallest absolute Gasteiger partial charge is 0.378 e. The van der Waals surface area contributed by atoms with E-state index in [0.717, 1.165) is 18.4 Å². The molecule has 0 N–H and O–H groups in total. The van der Waals surface area contributed by atoms with Crippen LogP contribution in [0, 0.1) is 5.92 Å². The van der Waals surface area contributed by atoms with Crippen LogP contribution < -0.4 is 0 Å². The number of hydrogen-bond acceptors (Lipinski definition) is 4. The van der Waals surface area contributed by atoms with E-state index >= 15 is 0 Å². The Hall–Kier alpha value is -2.45. The summed E-state index contributed by atoms with van der Waals surface area (Å²) in [6, 6.07) is 11.3. The lowest BCUT2D eigenvalue weighted by molar-refractivity contribution is -0.137. The minimum absolute atomic E-state index is 0.0828. The Kier molecular flexibility index (Phi) is 4.99. The molecule has 0 radical (unpaired) electrons. The third-order valence-electron chi connectivity index (χ3n) is 5.98. The predicted octanol–water partition coefficient (Wildman–Crippen LogP) is 4.27. The van der Waals surface area contributed by atoms with Gasteiger partial charge in [0.05, 0.1) is 19.3 Å². The molecule has 3 aromatic rings. The van der Waals surface area contributed by atoms with Crippen molar-refractivity contribution in [2.45, 2.75) is 38.0 Å². The van der Waals surface area contributed by atoms with Crippen LogP contribution in [0.5, 0.6) is 0 Å². The van der Waals surface area contributed by atoms with E-state index in [2.05, 4.69) is 15.1 Å². The minimum Gasteiger partial charge on any atom is -0.378 e. The number of hydrogen-bond donors (Lipinski definition) is 0. The summed E-state index contributed by atoms with van der Waals surface area (Å²) in [4.78, 5) is 2.06. The highest BCUT2D eigenvalue weighted by molar-refractivity contribution is 5.53. The molecule has 2 aliphatic rings. The summed E-state index contributed by atoms with van der Waals surface area (Å²) in [6.45, 7) is 1.72. The zero-order valence-corrected chi connectivity index (χ0v) is 16.5. The highest BCUT2D eigenvalue weighted by Gasteiger charge is 2.39. The summed E-state index contributed by atoms with van der Waals surface area (Å²) in [5.41, 5.74) is 0.488. The van der Waals surface area contributed by atoms with Gasteiger partial charge in [0.25, 0.3) is 0 Å². The zero-order valence-electron chi connectivity index (χ0n) is 16.5. The lowest BCUT2D eigenvalue weighted by Crippen LogP contribution is -2.39. The van der Waals surface area contributed by atoms with E-state index in [1.807, 2.05) is 30.3 Å². The molecule has 30 heavy (non-hydrogen) atoms. The molecule has 1 saturated heterocycles. The Morgan fingerprint density at radius 3 is 2.60 bits per heavy atom.